The minimum absolute atomic E-state index is 0.0168. The van der Waals surface area contributed by atoms with E-state index in [0.29, 0.717) is 44.1 Å². The molecule has 9 nitrogen and oxygen atoms in total. The Morgan fingerprint density at radius 2 is 1.23 bits per heavy atom. The number of aliphatic hydroxyl groups excluding tert-OH is 6. The second-order valence-corrected chi connectivity index (χ2v) is 13.3. The summed E-state index contributed by atoms with van der Waals surface area (Å²) in [6.45, 7) is 2.48. The van der Waals surface area contributed by atoms with E-state index in [4.69, 9.17) is 9.47 Å². The van der Waals surface area contributed by atoms with Gasteiger partial charge in [0.2, 0.25) is 0 Å². The van der Waals surface area contributed by atoms with Gasteiger partial charge >= 0.3 is 5.97 Å². The van der Waals surface area contributed by atoms with Crippen molar-refractivity contribution >= 4 is 5.97 Å². The van der Waals surface area contributed by atoms with Crippen molar-refractivity contribution in [1.82, 2.24) is 0 Å². The number of hydrogen-bond acceptors (Lipinski definition) is 9. The molecule has 8 atom stereocenters. The van der Waals surface area contributed by atoms with Crippen LogP contribution >= 0.6 is 0 Å². The minimum Gasteiger partial charge on any atom is -0.458 e. The monoisotopic (exact) mass is 628 g/mol. The fourth-order valence-corrected chi connectivity index (χ4v) is 6.38. The van der Waals surface area contributed by atoms with Crippen molar-refractivity contribution in [2.45, 2.75) is 197 Å². The van der Waals surface area contributed by atoms with Gasteiger partial charge in [-0.15, -0.1) is 0 Å². The zero-order valence-corrected chi connectivity index (χ0v) is 27.4. The first-order valence-corrected chi connectivity index (χ1v) is 17.8. The first-order valence-electron chi connectivity index (χ1n) is 17.8. The third-order valence-corrected chi connectivity index (χ3v) is 9.40. The van der Waals surface area contributed by atoms with Crippen molar-refractivity contribution in [2.75, 3.05) is 6.61 Å². The van der Waals surface area contributed by atoms with Gasteiger partial charge in [0, 0.05) is 12.0 Å². The molecule has 0 bridgehead atoms. The van der Waals surface area contributed by atoms with E-state index in [-0.39, 0.29) is 38.1 Å². The van der Waals surface area contributed by atoms with E-state index in [0.717, 1.165) is 25.7 Å². The lowest BCUT2D eigenvalue weighted by molar-refractivity contribution is -0.136. The number of carbonyl (C=O) groups excluding carboxylic acids is 1. The summed E-state index contributed by atoms with van der Waals surface area (Å²) in [7, 11) is 0. The Bertz CT molecular complexity index is 775. The van der Waals surface area contributed by atoms with Gasteiger partial charge in [0.25, 0.3) is 0 Å². The highest BCUT2D eigenvalue weighted by Gasteiger charge is 2.31. The summed E-state index contributed by atoms with van der Waals surface area (Å²) in [5, 5.41) is 62.1. The number of unbranched alkanes of at least 4 members (excludes halogenated alkanes) is 10. The standard InChI is InChI=1S/C35H64O9/c1-2-3-4-5-6-7-8-9-10-11-12-15-29(37)32(40)20-21-33(41)34-22-18-28(44-34)14-13-16-30(38)31(39)19-17-27(36)25-26-23-24-43-35(26)42/h23,27-34,36-41H,2-22,24-25H2,1H3/t27-,28-,29+,30?,31?,32+,33+,34+/m1/s1. The fourth-order valence-electron chi connectivity index (χ4n) is 6.38. The average Bonchev–Trinajstić information content (AvgIpc) is 3.65. The van der Waals surface area contributed by atoms with Crippen molar-refractivity contribution in [3.63, 3.8) is 0 Å². The number of carbonyl (C=O) groups is 1. The molecule has 2 aliphatic rings. The van der Waals surface area contributed by atoms with Crippen molar-refractivity contribution < 1.29 is 44.9 Å². The van der Waals surface area contributed by atoms with E-state index < -0.39 is 42.6 Å². The number of rotatable bonds is 27. The Hall–Kier alpha value is -1.07. The molecule has 2 rings (SSSR count). The lowest BCUT2D eigenvalue weighted by Gasteiger charge is -2.23. The number of aliphatic hydroxyl groups is 6. The molecule has 0 aromatic heterocycles. The van der Waals surface area contributed by atoms with Crippen LogP contribution in [-0.4, -0.2) is 92.0 Å². The summed E-state index contributed by atoms with van der Waals surface area (Å²) in [6.07, 6.45) is 15.5. The van der Waals surface area contributed by atoms with Gasteiger partial charge in [-0.2, -0.15) is 0 Å². The summed E-state index contributed by atoms with van der Waals surface area (Å²) >= 11 is 0. The SMILES string of the molecule is CCCCCCCCCCCCC[C@H](O)[C@@H](O)CC[C@H](O)[C@@H]1CC[C@@H](CCCC(O)C(O)CC[C@@H](O)CC2=CCOC2=O)O1. The van der Waals surface area contributed by atoms with Crippen LogP contribution in [0.3, 0.4) is 0 Å². The molecular formula is C35H64O9. The maximum absolute atomic E-state index is 11.5. The first-order chi connectivity index (χ1) is 21.2. The largest absolute Gasteiger partial charge is 0.458 e. The summed E-state index contributed by atoms with van der Waals surface area (Å²) in [6, 6.07) is 0. The van der Waals surface area contributed by atoms with Crippen molar-refractivity contribution in [3.05, 3.63) is 11.6 Å². The molecule has 2 unspecified atom stereocenters. The van der Waals surface area contributed by atoms with Crippen molar-refractivity contribution in [1.29, 1.82) is 0 Å². The Labute approximate surface area is 266 Å². The topological polar surface area (TPSA) is 157 Å². The Morgan fingerprint density at radius 1 is 0.682 bits per heavy atom. The number of hydrogen-bond donors (Lipinski definition) is 6. The third kappa shape index (κ3) is 16.5. The molecule has 44 heavy (non-hydrogen) atoms. The first kappa shape index (κ1) is 39.1. The smallest absolute Gasteiger partial charge is 0.334 e. The van der Waals surface area contributed by atoms with Gasteiger partial charge in [0.05, 0.1) is 48.8 Å². The maximum Gasteiger partial charge on any atom is 0.334 e. The molecule has 0 radical (unpaired) electrons. The van der Waals surface area contributed by atoms with E-state index in [9.17, 15) is 35.4 Å². The van der Waals surface area contributed by atoms with E-state index in [1.807, 2.05) is 0 Å². The Morgan fingerprint density at radius 3 is 1.82 bits per heavy atom. The Balaban J connectivity index is 1.47. The normalized spacial score (nSPS) is 22.8. The van der Waals surface area contributed by atoms with Gasteiger partial charge in [-0.05, 0) is 70.3 Å². The van der Waals surface area contributed by atoms with Crippen LogP contribution in [0.5, 0.6) is 0 Å². The molecule has 2 heterocycles. The second kappa shape index (κ2) is 23.3. The molecule has 0 amide bonds. The van der Waals surface area contributed by atoms with Crippen LogP contribution < -0.4 is 0 Å². The number of ether oxygens (including phenoxy) is 2. The maximum atomic E-state index is 11.5. The molecular weight excluding hydrogens is 564 g/mol. The molecule has 1 fully saturated rings. The zero-order valence-electron chi connectivity index (χ0n) is 27.4. The molecule has 0 aromatic rings. The predicted molar refractivity (Wildman–Crippen MR) is 171 cm³/mol. The molecule has 258 valence electrons. The van der Waals surface area contributed by atoms with Crippen LogP contribution in [0.2, 0.25) is 0 Å². The van der Waals surface area contributed by atoms with Crippen LogP contribution in [-0.2, 0) is 14.3 Å². The molecule has 0 spiro atoms. The lowest BCUT2D eigenvalue weighted by atomic mass is 9.97. The predicted octanol–water partition coefficient (Wildman–Crippen LogP) is 5.00. The molecule has 1 saturated heterocycles. The summed E-state index contributed by atoms with van der Waals surface area (Å²) < 4.78 is 10.9. The summed E-state index contributed by atoms with van der Waals surface area (Å²) in [5.74, 6) is -0.407. The van der Waals surface area contributed by atoms with Gasteiger partial charge in [-0.3, -0.25) is 0 Å². The van der Waals surface area contributed by atoms with E-state index >= 15 is 0 Å². The molecule has 2 aliphatic heterocycles. The van der Waals surface area contributed by atoms with Gasteiger partial charge in [-0.25, -0.2) is 4.79 Å². The minimum atomic E-state index is -0.954. The quantitative estimate of drug-likeness (QED) is 0.0544. The van der Waals surface area contributed by atoms with Gasteiger partial charge < -0.3 is 40.1 Å². The van der Waals surface area contributed by atoms with Gasteiger partial charge in [-0.1, -0.05) is 77.6 Å². The van der Waals surface area contributed by atoms with Crippen LogP contribution in [0.1, 0.15) is 148 Å². The van der Waals surface area contributed by atoms with E-state index in [1.54, 1.807) is 6.08 Å². The molecule has 0 saturated carbocycles. The third-order valence-electron chi connectivity index (χ3n) is 9.40. The molecule has 9 heteroatoms. The summed E-state index contributed by atoms with van der Waals surface area (Å²) in [5.41, 5.74) is 0.455. The second-order valence-electron chi connectivity index (χ2n) is 13.3. The van der Waals surface area contributed by atoms with Crippen molar-refractivity contribution in [3.8, 4) is 0 Å². The number of esters is 1. The van der Waals surface area contributed by atoms with Crippen LogP contribution in [0.15, 0.2) is 11.6 Å². The van der Waals surface area contributed by atoms with Crippen LogP contribution in [0.4, 0.5) is 0 Å². The van der Waals surface area contributed by atoms with Gasteiger partial charge in [0.15, 0.2) is 0 Å². The van der Waals surface area contributed by atoms with Crippen molar-refractivity contribution in [2.24, 2.45) is 0 Å². The lowest BCUT2D eigenvalue weighted by Crippen LogP contribution is -2.31. The average molecular weight is 629 g/mol. The highest BCUT2D eigenvalue weighted by Crippen LogP contribution is 2.28. The van der Waals surface area contributed by atoms with Crippen LogP contribution in [0, 0.1) is 0 Å². The highest BCUT2D eigenvalue weighted by atomic mass is 16.5. The number of cyclic esters (lactones) is 1. The van der Waals surface area contributed by atoms with E-state index in [1.165, 1.54) is 57.8 Å². The summed E-state index contributed by atoms with van der Waals surface area (Å²) in [4.78, 5) is 11.5. The van der Waals surface area contributed by atoms with E-state index in [2.05, 4.69) is 6.92 Å². The van der Waals surface area contributed by atoms with Gasteiger partial charge in [0.1, 0.15) is 6.61 Å². The Kier molecular flexibility index (Phi) is 20.7. The van der Waals surface area contributed by atoms with Crippen LogP contribution in [0.25, 0.3) is 0 Å². The molecule has 0 aliphatic carbocycles. The fraction of sp³-hybridized carbons (Fsp3) is 0.914. The molecule has 6 N–H and O–H groups in total. The zero-order chi connectivity index (χ0) is 32.2. The highest BCUT2D eigenvalue weighted by molar-refractivity contribution is 5.90. The molecule has 0 aromatic carbocycles.